The van der Waals surface area contributed by atoms with Crippen molar-refractivity contribution in [2.75, 3.05) is 31.6 Å². The lowest BCUT2D eigenvalue weighted by atomic mass is 10.1. The molecule has 2 aliphatic rings. The fourth-order valence-corrected chi connectivity index (χ4v) is 4.75. The smallest absolute Gasteiger partial charge is 0.161 e. The van der Waals surface area contributed by atoms with Gasteiger partial charge in [0, 0.05) is 36.1 Å². The van der Waals surface area contributed by atoms with Gasteiger partial charge >= 0.3 is 0 Å². The first-order chi connectivity index (χ1) is 14.2. The number of thioether (sulfide) groups is 1. The van der Waals surface area contributed by atoms with Crippen LogP contribution < -0.4 is 10.1 Å². The average molecular weight is 434 g/mol. The summed E-state index contributed by atoms with van der Waals surface area (Å²) in [6.45, 7) is 3.80. The molecule has 2 aromatic rings. The molecule has 4 nitrogen and oxygen atoms in total. The third-order valence-electron chi connectivity index (χ3n) is 5.23. The molecule has 0 spiro atoms. The highest BCUT2D eigenvalue weighted by Gasteiger charge is 2.21. The van der Waals surface area contributed by atoms with Crippen molar-refractivity contribution >= 4 is 34.2 Å². The number of nitrogens with zero attached hydrogens (tertiary/aromatic N) is 2. The van der Waals surface area contributed by atoms with Crippen LogP contribution in [0.5, 0.6) is 5.75 Å². The van der Waals surface area contributed by atoms with Crippen LogP contribution in [0.3, 0.4) is 0 Å². The van der Waals surface area contributed by atoms with E-state index in [2.05, 4.69) is 10.2 Å². The fourth-order valence-electron chi connectivity index (χ4n) is 3.62. The first kappa shape index (κ1) is 20.5. The van der Waals surface area contributed by atoms with E-state index in [9.17, 15) is 4.39 Å². The summed E-state index contributed by atoms with van der Waals surface area (Å²) in [6, 6.07) is 12.5. The average Bonchev–Trinajstić information content (AvgIpc) is 2.74. The molecule has 0 unspecified atom stereocenters. The zero-order chi connectivity index (χ0) is 20.1. The van der Waals surface area contributed by atoms with Crippen LogP contribution in [0.2, 0.25) is 5.02 Å². The van der Waals surface area contributed by atoms with Gasteiger partial charge in [0.2, 0.25) is 0 Å². The zero-order valence-corrected chi connectivity index (χ0v) is 17.8. The summed E-state index contributed by atoms with van der Waals surface area (Å²) in [4.78, 5) is 7.42. The van der Waals surface area contributed by atoms with Crippen LogP contribution in [-0.2, 0) is 5.75 Å². The van der Waals surface area contributed by atoms with Gasteiger partial charge in [0.1, 0.15) is 11.6 Å². The number of hydrogen-bond acceptors (Lipinski definition) is 4. The van der Waals surface area contributed by atoms with Gasteiger partial charge in [0.15, 0.2) is 5.17 Å². The predicted octanol–water partition coefficient (Wildman–Crippen LogP) is 5.43. The third kappa shape index (κ3) is 5.87. The maximum Gasteiger partial charge on any atom is 0.161 e. The maximum absolute atomic E-state index is 12.9. The molecule has 4 rings (SSSR count). The molecule has 154 valence electrons. The minimum Gasteiger partial charge on any atom is -0.494 e. The van der Waals surface area contributed by atoms with Gasteiger partial charge in [-0.1, -0.05) is 23.4 Å². The Morgan fingerprint density at radius 2 is 1.97 bits per heavy atom. The van der Waals surface area contributed by atoms with Gasteiger partial charge in [-0.15, -0.1) is 0 Å². The summed E-state index contributed by atoms with van der Waals surface area (Å²) in [5.74, 6) is 1.40. The molecule has 1 N–H and O–H groups in total. The van der Waals surface area contributed by atoms with Crippen LogP contribution in [0.15, 0.2) is 47.5 Å². The van der Waals surface area contributed by atoms with Crippen molar-refractivity contribution in [1.29, 1.82) is 0 Å². The number of ether oxygens (including phenoxy) is 1. The molecule has 2 aromatic carbocycles. The highest BCUT2D eigenvalue weighted by atomic mass is 35.5. The Bertz CT molecular complexity index is 854. The van der Waals surface area contributed by atoms with Crippen LogP contribution in [0.25, 0.3) is 0 Å². The number of nitrogens with one attached hydrogen (secondary N) is 1. The lowest BCUT2D eigenvalue weighted by Crippen LogP contribution is -2.37. The number of fused-ring (bicyclic) bond motifs is 1. The molecule has 0 aromatic heterocycles. The van der Waals surface area contributed by atoms with Crippen molar-refractivity contribution in [2.24, 2.45) is 4.99 Å². The van der Waals surface area contributed by atoms with Crippen LogP contribution in [0, 0.1) is 5.82 Å². The highest BCUT2D eigenvalue weighted by molar-refractivity contribution is 8.13. The standard InChI is InChI=1S/C22H25ClFN3OS/c23-17-2-7-21-16(14-17)15-29-22(26-21)25-19-8-11-27(12-9-19)10-1-13-28-20-5-3-18(24)4-6-20/h2-7,14,19H,1,8-13,15H2,(H,25,26). The molecule has 7 heteroatoms. The van der Waals surface area contributed by atoms with E-state index in [4.69, 9.17) is 21.3 Å². The van der Waals surface area contributed by atoms with E-state index in [1.54, 1.807) is 23.9 Å². The summed E-state index contributed by atoms with van der Waals surface area (Å²) in [7, 11) is 0. The minimum absolute atomic E-state index is 0.237. The van der Waals surface area contributed by atoms with Gasteiger partial charge in [-0.2, -0.15) is 0 Å². The Labute approximate surface area is 180 Å². The number of aliphatic imine (C=N–C) groups is 1. The second-order valence-electron chi connectivity index (χ2n) is 7.38. The Morgan fingerprint density at radius 3 is 2.76 bits per heavy atom. The largest absolute Gasteiger partial charge is 0.494 e. The van der Waals surface area contributed by atoms with Crippen LogP contribution in [0.4, 0.5) is 10.1 Å². The van der Waals surface area contributed by atoms with Crippen molar-refractivity contribution < 1.29 is 9.13 Å². The number of anilines is 1. The Hall–Kier alpha value is -1.76. The molecule has 0 amide bonds. The van der Waals surface area contributed by atoms with Gasteiger partial charge in [-0.3, -0.25) is 4.99 Å². The van der Waals surface area contributed by atoms with Crippen molar-refractivity contribution in [3.05, 3.63) is 58.9 Å². The van der Waals surface area contributed by atoms with E-state index in [-0.39, 0.29) is 5.82 Å². The van der Waals surface area contributed by atoms with E-state index < -0.39 is 0 Å². The minimum atomic E-state index is -0.237. The van der Waals surface area contributed by atoms with Crippen molar-refractivity contribution in [3.63, 3.8) is 0 Å². The van der Waals surface area contributed by atoms with Crippen LogP contribution in [0.1, 0.15) is 24.8 Å². The first-order valence-electron chi connectivity index (χ1n) is 10.0. The number of halogens is 2. The zero-order valence-electron chi connectivity index (χ0n) is 16.2. The number of amidine groups is 1. The lowest BCUT2D eigenvalue weighted by molar-refractivity contribution is 0.194. The molecule has 2 aliphatic heterocycles. The Morgan fingerprint density at radius 1 is 1.17 bits per heavy atom. The number of hydrogen-bond donors (Lipinski definition) is 1. The summed E-state index contributed by atoms with van der Waals surface area (Å²) in [6.07, 6.45) is 3.13. The quantitative estimate of drug-likeness (QED) is 0.616. The molecular formula is C22H25ClFN3OS. The molecule has 0 radical (unpaired) electrons. The van der Waals surface area contributed by atoms with Crippen molar-refractivity contribution in [2.45, 2.75) is 31.1 Å². The van der Waals surface area contributed by atoms with E-state index in [1.807, 2.05) is 18.2 Å². The van der Waals surface area contributed by atoms with Crippen LogP contribution in [-0.4, -0.2) is 42.4 Å². The summed E-state index contributed by atoms with van der Waals surface area (Å²) >= 11 is 7.82. The lowest BCUT2D eigenvalue weighted by Gasteiger charge is -2.31. The fraction of sp³-hybridized carbons (Fsp3) is 0.409. The Kier molecular flexibility index (Phi) is 6.95. The van der Waals surface area contributed by atoms with E-state index in [0.29, 0.717) is 12.6 Å². The molecule has 1 saturated heterocycles. The van der Waals surface area contributed by atoms with Gasteiger partial charge in [-0.25, -0.2) is 4.39 Å². The molecule has 0 aliphatic carbocycles. The topological polar surface area (TPSA) is 36.9 Å². The van der Waals surface area contributed by atoms with Gasteiger partial charge in [0.05, 0.1) is 12.6 Å². The van der Waals surface area contributed by atoms with E-state index in [0.717, 1.165) is 66.3 Å². The van der Waals surface area contributed by atoms with Gasteiger partial charge in [-0.05, 0) is 67.3 Å². The maximum atomic E-state index is 12.9. The van der Waals surface area contributed by atoms with Crippen molar-refractivity contribution in [1.82, 2.24) is 4.90 Å². The number of rotatable bonds is 6. The molecular weight excluding hydrogens is 409 g/mol. The monoisotopic (exact) mass is 433 g/mol. The summed E-state index contributed by atoms with van der Waals surface area (Å²) in [5, 5.41) is 5.24. The van der Waals surface area contributed by atoms with Gasteiger partial charge in [0.25, 0.3) is 0 Å². The molecule has 0 saturated carbocycles. The van der Waals surface area contributed by atoms with Gasteiger partial charge < -0.3 is 15.0 Å². The normalized spacial score (nSPS) is 19.0. The second-order valence-corrected chi connectivity index (χ2v) is 8.78. The molecule has 0 atom stereocenters. The molecule has 29 heavy (non-hydrogen) atoms. The summed E-state index contributed by atoms with van der Waals surface area (Å²) in [5.41, 5.74) is 2.35. The summed E-state index contributed by atoms with van der Waals surface area (Å²) < 4.78 is 18.6. The van der Waals surface area contributed by atoms with Crippen LogP contribution >= 0.6 is 23.4 Å². The highest BCUT2D eigenvalue weighted by Crippen LogP contribution is 2.31. The Balaban J connectivity index is 1.17. The van der Waals surface area contributed by atoms with E-state index >= 15 is 0 Å². The number of piperidine rings is 1. The molecule has 0 bridgehead atoms. The number of benzene rings is 2. The molecule has 2 heterocycles. The number of likely N-dealkylation sites (tertiary alicyclic amines) is 1. The second kappa shape index (κ2) is 9.83. The van der Waals surface area contributed by atoms with E-state index in [1.165, 1.54) is 17.7 Å². The SMILES string of the molecule is Fc1ccc(OCCCN2CCC(N=C3Nc4ccc(Cl)cc4CS3)CC2)cc1. The predicted molar refractivity (Wildman–Crippen MR) is 120 cm³/mol. The molecule has 1 fully saturated rings. The third-order valence-corrected chi connectivity index (χ3v) is 6.40. The first-order valence-corrected chi connectivity index (χ1v) is 11.4. The van der Waals surface area contributed by atoms with Crippen molar-refractivity contribution in [3.8, 4) is 5.75 Å².